The fourth-order valence-corrected chi connectivity index (χ4v) is 3.87. The Morgan fingerprint density at radius 1 is 1.36 bits per heavy atom. The summed E-state index contributed by atoms with van der Waals surface area (Å²) in [5.41, 5.74) is 6.23. The summed E-state index contributed by atoms with van der Waals surface area (Å²) in [5, 5.41) is 13.7. The van der Waals surface area contributed by atoms with Crippen molar-refractivity contribution in [3.05, 3.63) is 28.1 Å². The second kappa shape index (κ2) is 6.66. The first-order chi connectivity index (χ1) is 10.0. The van der Waals surface area contributed by atoms with E-state index in [0.29, 0.717) is 11.8 Å². The van der Waals surface area contributed by atoms with Crippen molar-refractivity contribution < 1.29 is 9.72 Å². The highest BCUT2D eigenvalue weighted by molar-refractivity contribution is 5.93. The third-order valence-corrected chi connectivity index (χ3v) is 4.80. The summed E-state index contributed by atoms with van der Waals surface area (Å²) >= 11 is 0. The van der Waals surface area contributed by atoms with Crippen molar-refractivity contribution >= 4 is 24.0 Å². The molecule has 2 saturated carbocycles. The van der Waals surface area contributed by atoms with E-state index >= 15 is 0 Å². The first-order valence-corrected chi connectivity index (χ1v) is 7.44. The molecule has 0 radical (unpaired) electrons. The van der Waals surface area contributed by atoms with Gasteiger partial charge in [-0.3, -0.25) is 14.9 Å². The number of fused-ring (bicyclic) bond motifs is 2. The monoisotopic (exact) mass is 328 g/mol. The molecule has 1 aromatic heterocycles. The van der Waals surface area contributed by atoms with E-state index in [1.54, 1.807) is 0 Å². The Balaban J connectivity index is 0.00000176. The molecule has 3 rings (SSSR count). The van der Waals surface area contributed by atoms with E-state index in [1.165, 1.54) is 18.7 Å². The summed E-state index contributed by atoms with van der Waals surface area (Å²) in [4.78, 5) is 25.1. The molecule has 0 saturated heterocycles. The van der Waals surface area contributed by atoms with Crippen LogP contribution in [0.2, 0.25) is 0 Å². The van der Waals surface area contributed by atoms with Gasteiger partial charge in [0.1, 0.15) is 5.69 Å². The molecule has 2 bridgehead atoms. The number of hydrogen-bond acceptors (Lipinski definition) is 4. The zero-order valence-corrected chi connectivity index (χ0v) is 13.0. The predicted octanol–water partition coefficient (Wildman–Crippen LogP) is 1.98. The normalized spacial score (nSPS) is 30.2. The Bertz CT molecular complexity index is 548. The summed E-state index contributed by atoms with van der Waals surface area (Å²) in [6, 6.07) is 1.66. The van der Waals surface area contributed by atoms with Gasteiger partial charge in [-0.05, 0) is 37.5 Å². The molecule has 7 nitrogen and oxygen atoms in total. The first-order valence-electron chi connectivity index (χ1n) is 7.44. The predicted molar refractivity (Wildman–Crippen MR) is 84.0 cm³/mol. The van der Waals surface area contributed by atoms with Gasteiger partial charge in [0, 0.05) is 18.2 Å². The van der Waals surface area contributed by atoms with Crippen molar-refractivity contribution in [2.45, 2.75) is 44.2 Å². The van der Waals surface area contributed by atoms with E-state index in [0.717, 1.165) is 25.7 Å². The Morgan fingerprint density at radius 3 is 2.55 bits per heavy atom. The Hall–Kier alpha value is -1.60. The molecule has 0 aromatic carbocycles. The number of hydrogen-bond donors (Lipinski definition) is 3. The van der Waals surface area contributed by atoms with Crippen LogP contribution in [0.4, 0.5) is 5.69 Å². The van der Waals surface area contributed by atoms with Gasteiger partial charge in [0.25, 0.3) is 11.6 Å². The lowest BCUT2D eigenvalue weighted by molar-refractivity contribution is -0.384. The van der Waals surface area contributed by atoms with E-state index < -0.39 is 4.92 Å². The number of carbonyl (C=O) groups is 1. The second-order valence-corrected chi connectivity index (χ2v) is 6.21. The summed E-state index contributed by atoms with van der Waals surface area (Å²) in [6.45, 7) is 0. The van der Waals surface area contributed by atoms with Gasteiger partial charge < -0.3 is 16.0 Å². The maximum atomic E-state index is 12.3. The van der Waals surface area contributed by atoms with Gasteiger partial charge in [0.05, 0.1) is 11.1 Å². The van der Waals surface area contributed by atoms with Crippen molar-refractivity contribution in [1.29, 1.82) is 0 Å². The van der Waals surface area contributed by atoms with E-state index in [1.807, 2.05) is 0 Å². The number of nitrogens with zero attached hydrogens (tertiary/aromatic N) is 1. The van der Waals surface area contributed by atoms with Crippen LogP contribution in [0.3, 0.4) is 0 Å². The summed E-state index contributed by atoms with van der Waals surface area (Å²) in [7, 11) is 0. The van der Waals surface area contributed by atoms with Crippen LogP contribution in [0.15, 0.2) is 12.3 Å². The lowest BCUT2D eigenvalue weighted by Gasteiger charge is -2.45. The minimum atomic E-state index is -0.512. The number of carbonyl (C=O) groups excluding carboxylic acids is 1. The molecule has 2 aliphatic carbocycles. The molecule has 4 N–H and O–H groups in total. The number of aromatic nitrogens is 1. The standard InChI is InChI=1S/C14H20N4O3.ClH/c15-10-4-8-2-1-3-9(5-10)13(8)17-14(19)12-6-11(7-16-12)18(20)21;/h6-10,13,16H,1-5,15H2,(H,17,19);1H. The quantitative estimate of drug-likeness (QED) is 0.581. The number of amides is 1. The zero-order valence-electron chi connectivity index (χ0n) is 12.2. The number of nitrogens with one attached hydrogen (secondary N) is 2. The van der Waals surface area contributed by atoms with Gasteiger partial charge in [0.15, 0.2) is 0 Å². The van der Waals surface area contributed by atoms with Crippen LogP contribution >= 0.6 is 12.4 Å². The highest BCUT2D eigenvalue weighted by Gasteiger charge is 2.40. The number of halogens is 1. The van der Waals surface area contributed by atoms with Crippen LogP contribution in [-0.4, -0.2) is 27.9 Å². The fraction of sp³-hybridized carbons (Fsp3) is 0.643. The lowest BCUT2D eigenvalue weighted by atomic mass is 9.67. The SMILES string of the molecule is Cl.NC1CC2CCCC(C1)C2NC(=O)c1cc([N+](=O)[O-])c[nH]1. The topological polar surface area (TPSA) is 114 Å². The molecule has 8 heteroatoms. The second-order valence-electron chi connectivity index (χ2n) is 6.21. The lowest BCUT2D eigenvalue weighted by Crippen LogP contribution is -2.53. The average Bonchev–Trinajstić information content (AvgIpc) is 2.89. The summed E-state index contributed by atoms with van der Waals surface area (Å²) < 4.78 is 0. The highest BCUT2D eigenvalue weighted by atomic mass is 35.5. The Morgan fingerprint density at radius 2 is 2.00 bits per heavy atom. The van der Waals surface area contributed by atoms with Crippen LogP contribution in [0.5, 0.6) is 0 Å². The Kier molecular flexibility index (Phi) is 5.08. The van der Waals surface area contributed by atoms with Crippen molar-refractivity contribution in [2.75, 3.05) is 0 Å². The first kappa shape index (κ1) is 16.8. The number of nitrogens with two attached hydrogens (primary N) is 1. The molecule has 0 aliphatic heterocycles. The molecular formula is C14H21ClN4O3. The van der Waals surface area contributed by atoms with Crippen LogP contribution in [0.1, 0.15) is 42.6 Å². The van der Waals surface area contributed by atoms with Gasteiger partial charge in [-0.1, -0.05) is 6.42 Å². The molecule has 2 aliphatic rings. The van der Waals surface area contributed by atoms with E-state index in [2.05, 4.69) is 10.3 Å². The largest absolute Gasteiger partial charge is 0.351 e. The fourth-order valence-electron chi connectivity index (χ4n) is 3.87. The van der Waals surface area contributed by atoms with Crippen LogP contribution in [0, 0.1) is 22.0 Å². The third kappa shape index (κ3) is 3.25. The molecule has 1 aromatic rings. The zero-order chi connectivity index (χ0) is 15.0. The van der Waals surface area contributed by atoms with Gasteiger partial charge in [0.2, 0.25) is 0 Å². The maximum Gasteiger partial charge on any atom is 0.287 e. The molecule has 2 unspecified atom stereocenters. The van der Waals surface area contributed by atoms with Gasteiger partial charge in [-0.2, -0.15) is 0 Å². The summed E-state index contributed by atoms with van der Waals surface area (Å²) in [6.07, 6.45) is 6.54. The van der Waals surface area contributed by atoms with Crippen molar-refractivity contribution in [2.24, 2.45) is 17.6 Å². The molecule has 122 valence electrons. The van der Waals surface area contributed by atoms with Crippen LogP contribution < -0.4 is 11.1 Å². The van der Waals surface area contributed by atoms with Gasteiger partial charge in [-0.15, -0.1) is 12.4 Å². The van der Waals surface area contributed by atoms with Crippen molar-refractivity contribution in [3.63, 3.8) is 0 Å². The van der Waals surface area contributed by atoms with Crippen molar-refractivity contribution in [1.82, 2.24) is 10.3 Å². The van der Waals surface area contributed by atoms with Crippen molar-refractivity contribution in [3.8, 4) is 0 Å². The number of rotatable bonds is 3. The third-order valence-electron chi connectivity index (χ3n) is 4.80. The average molecular weight is 329 g/mol. The van der Waals surface area contributed by atoms with Crippen LogP contribution in [-0.2, 0) is 0 Å². The molecule has 2 fully saturated rings. The van der Waals surface area contributed by atoms with E-state index in [-0.39, 0.29) is 41.8 Å². The summed E-state index contributed by atoms with van der Waals surface area (Å²) in [5.74, 6) is 0.600. The molecule has 1 heterocycles. The van der Waals surface area contributed by atoms with E-state index in [4.69, 9.17) is 5.73 Å². The number of nitro groups is 1. The van der Waals surface area contributed by atoms with E-state index in [9.17, 15) is 14.9 Å². The molecule has 0 spiro atoms. The molecule has 2 atom stereocenters. The number of aromatic amines is 1. The molecule has 1 amide bonds. The Labute approximate surface area is 134 Å². The molecule has 22 heavy (non-hydrogen) atoms. The highest BCUT2D eigenvalue weighted by Crippen LogP contribution is 2.39. The number of H-pyrrole nitrogens is 1. The minimum absolute atomic E-state index is 0. The van der Waals surface area contributed by atoms with Crippen LogP contribution in [0.25, 0.3) is 0 Å². The van der Waals surface area contributed by atoms with Gasteiger partial charge >= 0.3 is 0 Å². The smallest absolute Gasteiger partial charge is 0.287 e. The molecular weight excluding hydrogens is 308 g/mol. The minimum Gasteiger partial charge on any atom is -0.351 e. The maximum absolute atomic E-state index is 12.3. The van der Waals surface area contributed by atoms with Gasteiger partial charge in [-0.25, -0.2) is 0 Å².